The standard InChI is InChI=1S/C42H53N5O9S/c1-40(2,3)56-38(51)43-33-19-11-6-4-5-10-18-31-24-42(31,37(50)45-57(53,54)41(20-21-41)23-28-14-8-7-9-15-28)44-35(48)34-22-32(27-47(34)36(33)49)55-39(52)46-25-29-16-12-13-17-30(29)26-46/h7-10,12-18,31-34H,4-6,11,19-27H2,1-3H3,(H,43,51)(H,44,48)(H,45,50)/t31-,32-,33+,34+,42-/m1/s1. The quantitative estimate of drug-likeness (QED) is 0.337. The van der Waals surface area contributed by atoms with Crippen molar-refractivity contribution in [3.63, 3.8) is 0 Å². The first-order valence-electron chi connectivity index (χ1n) is 20.0. The minimum atomic E-state index is -4.15. The number of carbonyl (C=O) groups excluding carboxylic acids is 5. The summed E-state index contributed by atoms with van der Waals surface area (Å²) in [6.07, 6.45) is 5.73. The van der Waals surface area contributed by atoms with Gasteiger partial charge in [0, 0.05) is 25.4 Å². The highest BCUT2D eigenvalue weighted by Gasteiger charge is 2.64. The Kier molecular flexibility index (Phi) is 11.2. The number of nitrogens with zero attached hydrogens (tertiary/aromatic N) is 2. The molecule has 2 aromatic rings. The number of nitrogens with one attached hydrogen (secondary N) is 3. The summed E-state index contributed by atoms with van der Waals surface area (Å²) in [4.78, 5) is 72.4. The van der Waals surface area contributed by atoms with Crippen molar-refractivity contribution in [1.29, 1.82) is 0 Å². The largest absolute Gasteiger partial charge is 0.444 e. The van der Waals surface area contributed by atoms with E-state index in [4.69, 9.17) is 9.47 Å². The predicted octanol–water partition coefficient (Wildman–Crippen LogP) is 4.62. The highest BCUT2D eigenvalue weighted by molar-refractivity contribution is 7.91. The molecule has 306 valence electrons. The van der Waals surface area contributed by atoms with Crippen LogP contribution in [0.25, 0.3) is 0 Å². The molecule has 15 heteroatoms. The lowest BCUT2D eigenvalue weighted by molar-refractivity contribution is -0.141. The van der Waals surface area contributed by atoms with Crippen LogP contribution in [0.15, 0.2) is 66.7 Å². The number of allylic oxidation sites excluding steroid dienone is 1. The fourth-order valence-corrected chi connectivity index (χ4v) is 9.90. The summed E-state index contributed by atoms with van der Waals surface area (Å²) >= 11 is 0. The van der Waals surface area contributed by atoms with E-state index in [0.717, 1.165) is 29.5 Å². The van der Waals surface area contributed by atoms with Crippen molar-refractivity contribution in [3.05, 3.63) is 83.4 Å². The first-order chi connectivity index (χ1) is 27.1. The lowest BCUT2D eigenvalue weighted by Crippen LogP contribution is -2.59. The minimum Gasteiger partial charge on any atom is -0.444 e. The van der Waals surface area contributed by atoms with Crippen molar-refractivity contribution >= 4 is 39.9 Å². The van der Waals surface area contributed by atoms with Crippen LogP contribution in [0.5, 0.6) is 0 Å². The molecule has 0 radical (unpaired) electrons. The Hall–Kier alpha value is -4.92. The summed E-state index contributed by atoms with van der Waals surface area (Å²) in [5.74, 6) is -2.55. The second-order valence-corrected chi connectivity index (χ2v) is 19.3. The number of hydrogen-bond acceptors (Lipinski definition) is 9. The lowest BCUT2D eigenvalue weighted by atomic mass is 10.0. The van der Waals surface area contributed by atoms with E-state index in [1.165, 1.54) is 4.90 Å². The molecule has 5 atom stereocenters. The summed E-state index contributed by atoms with van der Waals surface area (Å²) in [6.45, 7) is 5.74. The average molecular weight is 804 g/mol. The third-order valence-corrected chi connectivity index (χ3v) is 13.8. The molecule has 5 aliphatic rings. The Morgan fingerprint density at radius 3 is 2.30 bits per heavy atom. The molecular formula is C42H53N5O9S. The molecule has 0 bridgehead atoms. The topological polar surface area (TPSA) is 181 Å². The Balaban J connectivity index is 1.13. The van der Waals surface area contributed by atoms with Gasteiger partial charge in [-0.3, -0.25) is 24.0 Å². The van der Waals surface area contributed by atoms with Gasteiger partial charge in [0.2, 0.25) is 21.8 Å². The van der Waals surface area contributed by atoms with E-state index in [1.54, 1.807) is 25.7 Å². The Morgan fingerprint density at radius 2 is 1.63 bits per heavy atom. The second-order valence-electron chi connectivity index (χ2n) is 17.2. The van der Waals surface area contributed by atoms with E-state index in [0.29, 0.717) is 38.8 Å². The van der Waals surface area contributed by atoms with E-state index in [2.05, 4.69) is 15.4 Å². The molecule has 1 saturated heterocycles. The van der Waals surface area contributed by atoms with Crippen molar-refractivity contribution in [3.8, 4) is 0 Å². The number of hydrogen-bond donors (Lipinski definition) is 3. The van der Waals surface area contributed by atoms with Gasteiger partial charge in [-0.05, 0) is 82.4 Å². The molecule has 7 rings (SSSR count). The third-order valence-electron chi connectivity index (χ3n) is 11.7. The van der Waals surface area contributed by atoms with Crippen molar-refractivity contribution in [2.45, 2.75) is 132 Å². The first kappa shape index (κ1) is 40.3. The number of rotatable bonds is 7. The molecule has 14 nitrogen and oxygen atoms in total. The van der Waals surface area contributed by atoms with E-state index in [-0.39, 0.29) is 32.2 Å². The van der Waals surface area contributed by atoms with Crippen LogP contribution in [0.4, 0.5) is 9.59 Å². The van der Waals surface area contributed by atoms with Crippen molar-refractivity contribution in [2.75, 3.05) is 6.54 Å². The van der Waals surface area contributed by atoms with Crippen LogP contribution in [-0.2, 0) is 53.4 Å². The molecule has 2 aromatic carbocycles. The van der Waals surface area contributed by atoms with E-state index < -0.39 is 79.9 Å². The summed E-state index contributed by atoms with van der Waals surface area (Å²) in [6, 6.07) is 14.7. The summed E-state index contributed by atoms with van der Waals surface area (Å²) < 4.78 is 40.4. The number of fused-ring (bicyclic) bond motifs is 3. The van der Waals surface area contributed by atoms with Crippen LogP contribution in [0, 0.1) is 5.92 Å². The predicted molar refractivity (Wildman–Crippen MR) is 210 cm³/mol. The molecule has 0 aromatic heterocycles. The molecule has 3 aliphatic heterocycles. The zero-order valence-corrected chi connectivity index (χ0v) is 33.6. The van der Waals surface area contributed by atoms with Crippen molar-refractivity contribution in [2.24, 2.45) is 5.92 Å². The number of ether oxygens (including phenoxy) is 2. The molecule has 2 saturated carbocycles. The van der Waals surface area contributed by atoms with E-state index in [9.17, 15) is 32.4 Å². The van der Waals surface area contributed by atoms with E-state index >= 15 is 0 Å². The smallest absolute Gasteiger partial charge is 0.410 e. The van der Waals surface area contributed by atoms with Gasteiger partial charge < -0.3 is 25.0 Å². The maximum absolute atomic E-state index is 14.5. The van der Waals surface area contributed by atoms with Crippen LogP contribution in [0.1, 0.15) is 95.2 Å². The molecule has 0 spiro atoms. The highest BCUT2D eigenvalue weighted by atomic mass is 32.2. The van der Waals surface area contributed by atoms with Gasteiger partial charge in [-0.1, -0.05) is 79.6 Å². The van der Waals surface area contributed by atoms with Crippen molar-refractivity contribution < 1.29 is 41.9 Å². The molecular weight excluding hydrogens is 751 g/mol. The summed E-state index contributed by atoms with van der Waals surface area (Å²) in [7, 11) is -4.15. The highest BCUT2D eigenvalue weighted by Crippen LogP contribution is 2.49. The number of sulfonamides is 1. The summed E-state index contributed by atoms with van der Waals surface area (Å²) in [5, 5.41) is 5.59. The average Bonchev–Trinajstić information content (AvgIpc) is 3.97. The zero-order valence-electron chi connectivity index (χ0n) is 32.8. The monoisotopic (exact) mass is 803 g/mol. The summed E-state index contributed by atoms with van der Waals surface area (Å²) in [5.41, 5.74) is 0.447. The van der Waals surface area contributed by atoms with Crippen LogP contribution < -0.4 is 15.4 Å². The molecule has 3 fully saturated rings. The van der Waals surface area contributed by atoms with Crippen LogP contribution in [0.2, 0.25) is 0 Å². The number of amides is 5. The number of alkyl carbamates (subject to hydrolysis) is 1. The SMILES string of the molecule is CC(C)(C)OC(=O)N[C@H]1CCCCCC=C[C@@H]2C[C@@]2(C(=O)NS(=O)(=O)C2(Cc3ccccc3)CC2)NC(=O)[C@@H]2C[C@@H](OC(=O)N3Cc4ccccc4C3)CN2C1=O. The van der Waals surface area contributed by atoms with Crippen LogP contribution in [-0.4, -0.2) is 88.7 Å². The molecule has 3 N–H and O–H groups in total. The van der Waals surface area contributed by atoms with Gasteiger partial charge in [0.25, 0.3) is 5.91 Å². The maximum Gasteiger partial charge on any atom is 0.410 e. The Morgan fingerprint density at radius 1 is 0.947 bits per heavy atom. The van der Waals surface area contributed by atoms with Crippen LogP contribution >= 0.6 is 0 Å². The molecule has 5 amide bonds. The molecule has 3 heterocycles. The van der Waals surface area contributed by atoms with Gasteiger partial charge in [0.05, 0.1) is 11.3 Å². The molecule has 2 aliphatic carbocycles. The van der Waals surface area contributed by atoms with Gasteiger partial charge in [0.15, 0.2) is 0 Å². The van der Waals surface area contributed by atoms with Gasteiger partial charge in [-0.2, -0.15) is 0 Å². The van der Waals surface area contributed by atoms with Crippen LogP contribution in [0.3, 0.4) is 0 Å². The Bertz CT molecular complexity index is 2000. The van der Waals surface area contributed by atoms with Gasteiger partial charge >= 0.3 is 12.2 Å². The Labute approximate surface area is 334 Å². The molecule has 57 heavy (non-hydrogen) atoms. The van der Waals surface area contributed by atoms with Gasteiger partial charge in [-0.15, -0.1) is 0 Å². The fourth-order valence-electron chi connectivity index (χ4n) is 8.26. The maximum atomic E-state index is 14.5. The fraction of sp³-hybridized carbons (Fsp3) is 0.548. The first-order valence-corrected chi connectivity index (χ1v) is 21.5. The number of benzene rings is 2. The van der Waals surface area contributed by atoms with Gasteiger partial charge in [0.1, 0.15) is 29.3 Å². The third kappa shape index (κ3) is 8.98. The van der Waals surface area contributed by atoms with E-state index in [1.807, 2.05) is 66.7 Å². The second kappa shape index (κ2) is 15.8. The number of carbonyl (C=O) groups is 5. The molecule has 0 unspecified atom stereocenters. The zero-order chi connectivity index (χ0) is 40.6. The minimum absolute atomic E-state index is 0.0695. The lowest BCUT2D eigenvalue weighted by Gasteiger charge is -2.30. The normalized spacial score (nSPS) is 27.1. The van der Waals surface area contributed by atoms with Crippen molar-refractivity contribution in [1.82, 2.24) is 25.2 Å². The van der Waals surface area contributed by atoms with Gasteiger partial charge in [-0.25, -0.2) is 18.0 Å².